The van der Waals surface area contributed by atoms with Gasteiger partial charge in [-0.1, -0.05) is 42.5 Å². The van der Waals surface area contributed by atoms with Gasteiger partial charge >= 0.3 is 5.97 Å². The van der Waals surface area contributed by atoms with Crippen LogP contribution in [0.25, 0.3) is 10.8 Å². The van der Waals surface area contributed by atoms with Gasteiger partial charge in [0.15, 0.2) is 0 Å². The smallest absolute Gasteiger partial charge is 0.327 e. The van der Waals surface area contributed by atoms with E-state index in [9.17, 15) is 4.79 Å². The molecule has 4 rings (SSSR count). The number of fused-ring (bicyclic) bond motifs is 2. The molecule has 0 radical (unpaired) electrons. The third-order valence-electron chi connectivity index (χ3n) is 5.05. The maximum absolute atomic E-state index is 12.4. The van der Waals surface area contributed by atoms with Crippen molar-refractivity contribution in [1.29, 1.82) is 0 Å². The Hall–Kier alpha value is -1.52. The van der Waals surface area contributed by atoms with Crippen molar-refractivity contribution >= 4 is 28.5 Å². The highest BCUT2D eigenvalue weighted by atomic mass is 32.2. The van der Waals surface area contributed by atoms with Gasteiger partial charge in [-0.25, -0.2) is 0 Å². The standard InChI is InChI=1S/C18H19NO2S/c1-21-17(20)18-11-22-10-13(18)9-16(19-18)15-8-4-6-12-5-2-3-7-14(12)15/h2-8,13,16,19H,9-11H2,1H3. The minimum absolute atomic E-state index is 0.106. The van der Waals surface area contributed by atoms with Gasteiger partial charge in [-0.2, -0.15) is 11.8 Å². The Bertz CT molecular complexity index is 727. The summed E-state index contributed by atoms with van der Waals surface area (Å²) >= 11 is 1.85. The molecule has 1 N–H and O–H groups in total. The number of hydrogen-bond donors (Lipinski definition) is 1. The van der Waals surface area contributed by atoms with Crippen LogP contribution in [-0.4, -0.2) is 30.1 Å². The molecule has 2 aliphatic heterocycles. The number of nitrogens with one attached hydrogen (secondary N) is 1. The first-order valence-corrected chi connectivity index (χ1v) is 8.81. The maximum atomic E-state index is 12.4. The molecule has 2 aliphatic rings. The fourth-order valence-electron chi connectivity index (χ4n) is 3.93. The van der Waals surface area contributed by atoms with Crippen LogP contribution in [0.15, 0.2) is 42.5 Å². The zero-order valence-electron chi connectivity index (χ0n) is 12.5. The number of carbonyl (C=O) groups is 1. The first kappa shape index (κ1) is 14.1. The first-order chi connectivity index (χ1) is 10.7. The largest absolute Gasteiger partial charge is 0.468 e. The van der Waals surface area contributed by atoms with E-state index in [1.807, 2.05) is 11.8 Å². The number of methoxy groups -OCH3 is 1. The van der Waals surface area contributed by atoms with Crippen LogP contribution in [0.2, 0.25) is 0 Å². The monoisotopic (exact) mass is 313 g/mol. The molecule has 0 spiro atoms. The Morgan fingerprint density at radius 1 is 1.27 bits per heavy atom. The van der Waals surface area contributed by atoms with Gasteiger partial charge in [-0.3, -0.25) is 10.1 Å². The molecule has 0 aromatic heterocycles. The summed E-state index contributed by atoms with van der Waals surface area (Å²) in [5.41, 5.74) is 0.793. The molecule has 2 aromatic carbocycles. The van der Waals surface area contributed by atoms with Crippen molar-refractivity contribution in [2.75, 3.05) is 18.6 Å². The lowest BCUT2D eigenvalue weighted by atomic mass is 9.88. The molecule has 114 valence electrons. The van der Waals surface area contributed by atoms with Gasteiger partial charge in [0.1, 0.15) is 5.54 Å². The number of ether oxygens (including phenoxy) is 1. The fourth-order valence-corrected chi connectivity index (χ4v) is 5.51. The Morgan fingerprint density at radius 2 is 2.09 bits per heavy atom. The van der Waals surface area contributed by atoms with Gasteiger partial charge in [-0.15, -0.1) is 0 Å². The third-order valence-corrected chi connectivity index (χ3v) is 6.34. The van der Waals surface area contributed by atoms with E-state index >= 15 is 0 Å². The molecule has 4 heteroatoms. The van der Waals surface area contributed by atoms with E-state index in [4.69, 9.17) is 4.74 Å². The lowest BCUT2D eigenvalue weighted by Crippen LogP contribution is -2.53. The molecule has 0 saturated carbocycles. The molecule has 2 aromatic rings. The quantitative estimate of drug-likeness (QED) is 0.865. The van der Waals surface area contributed by atoms with Crippen LogP contribution in [0, 0.1) is 5.92 Å². The van der Waals surface area contributed by atoms with Gasteiger partial charge in [0, 0.05) is 11.8 Å². The summed E-state index contributed by atoms with van der Waals surface area (Å²) in [4.78, 5) is 12.4. The third kappa shape index (κ3) is 1.97. The highest BCUT2D eigenvalue weighted by Crippen LogP contribution is 2.47. The molecule has 0 amide bonds. The Kier molecular flexibility index (Phi) is 3.39. The summed E-state index contributed by atoms with van der Waals surface area (Å²) in [6, 6.07) is 15.1. The molecule has 22 heavy (non-hydrogen) atoms. The topological polar surface area (TPSA) is 38.3 Å². The molecule has 3 nitrogen and oxygen atoms in total. The van der Waals surface area contributed by atoms with Crippen molar-refractivity contribution in [3.05, 3.63) is 48.0 Å². The van der Waals surface area contributed by atoms with Crippen LogP contribution in [-0.2, 0) is 9.53 Å². The predicted octanol–water partition coefficient (Wildman–Crippen LogP) is 3.15. The number of rotatable bonds is 2. The second kappa shape index (κ2) is 5.28. The molecule has 2 saturated heterocycles. The molecule has 3 unspecified atom stereocenters. The summed E-state index contributed by atoms with van der Waals surface area (Å²) in [6.07, 6.45) is 0.996. The predicted molar refractivity (Wildman–Crippen MR) is 90.0 cm³/mol. The number of esters is 1. The van der Waals surface area contributed by atoms with Gasteiger partial charge < -0.3 is 4.74 Å². The first-order valence-electron chi connectivity index (χ1n) is 7.66. The molecule has 2 heterocycles. The summed E-state index contributed by atoms with van der Waals surface area (Å²) in [5, 5.41) is 6.15. The average Bonchev–Trinajstić information content (AvgIpc) is 3.11. The molecule has 0 bridgehead atoms. The fraction of sp³-hybridized carbons (Fsp3) is 0.389. The van der Waals surface area contributed by atoms with Crippen LogP contribution in [0.1, 0.15) is 18.0 Å². The molecule has 2 fully saturated rings. The van der Waals surface area contributed by atoms with Crippen molar-refractivity contribution in [2.24, 2.45) is 5.92 Å². The molecular weight excluding hydrogens is 294 g/mol. The van der Waals surface area contributed by atoms with Gasteiger partial charge in [0.05, 0.1) is 7.11 Å². The van der Waals surface area contributed by atoms with E-state index in [0.717, 1.165) is 17.9 Å². The normalized spacial score (nSPS) is 30.4. The zero-order valence-corrected chi connectivity index (χ0v) is 13.4. The van der Waals surface area contributed by atoms with Gasteiger partial charge in [0.2, 0.25) is 0 Å². The van der Waals surface area contributed by atoms with Crippen molar-refractivity contribution in [2.45, 2.75) is 18.0 Å². The summed E-state index contributed by atoms with van der Waals surface area (Å²) in [7, 11) is 1.49. The highest BCUT2D eigenvalue weighted by Gasteiger charge is 2.56. The van der Waals surface area contributed by atoms with Crippen LogP contribution < -0.4 is 5.32 Å². The van der Waals surface area contributed by atoms with Crippen LogP contribution >= 0.6 is 11.8 Å². The summed E-state index contributed by atoms with van der Waals surface area (Å²) in [5.74, 6) is 2.09. The minimum Gasteiger partial charge on any atom is -0.468 e. The summed E-state index contributed by atoms with van der Waals surface area (Å²) in [6.45, 7) is 0. The number of carbonyl (C=O) groups excluding carboxylic acids is 1. The lowest BCUT2D eigenvalue weighted by Gasteiger charge is -2.26. The van der Waals surface area contributed by atoms with Crippen molar-refractivity contribution in [3.63, 3.8) is 0 Å². The van der Waals surface area contributed by atoms with E-state index in [2.05, 4.69) is 47.8 Å². The highest BCUT2D eigenvalue weighted by molar-refractivity contribution is 7.99. The van der Waals surface area contributed by atoms with Crippen LogP contribution in [0.4, 0.5) is 0 Å². The maximum Gasteiger partial charge on any atom is 0.327 e. The van der Waals surface area contributed by atoms with Crippen molar-refractivity contribution < 1.29 is 9.53 Å². The second-order valence-corrected chi connectivity index (χ2v) is 7.21. The zero-order chi connectivity index (χ0) is 15.2. The van der Waals surface area contributed by atoms with Crippen LogP contribution in [0.5, 0.6) is 0 Å². The Labute approximate surface area is 134 Å². The van der Waals surface area contributed by atoms with Gasteiger partial charge in [0.25, 0.3) is 0 Å². The van der Waals surface area contributed by atoms with E-state index in [1.165, 1.54) is 23.4 Å². The second-order valence-electron chi connectivity index (χ2n) is 6.18. The number of hydrogen-bond acceptors (Lipinski definition) is 4. The van der Waals surface area contributed by atoms with E-state index in [1.54, 1.807) is 0 Å². The van der Waals surface area contributed by atoms with Gasteiger partial charge in [-0.05, 0) is 34.4 Å². The average molecular weight is 313 g/mol. The Morgan fingerprint density at radius 3 is 2.95 bits per heavy atom. The van der Waals surface area contributed by atoms with Crippen molar-refractivity contribution in [1.82, 2.24) is 5.32 Å². The molecule has 0 aliphatic carbocycles. The SMILES string of the molecule is COC(=O)C12CSCC1CC(c1cccc3ccccc13)N2. The van der Waals surface area contributed by atoms with E-state index in [0.29, 0.717) is 5.92 Å². The van der Waals surface area contributed by atoms with E-state index in [-0.39, 0.29) is 12.0 Å². The summed E-state index contributed by atoms with van der Waals surface area (Å²) < 4.78 is 5.10. The molecule has 3 atom stereocenters. The van der Waals surface area contributed by atoms with Crippen molar-refractivity contribution in [3.8, 4) is 0 Å². The lowest BCUT2D eigenvalue weighted by molar-refractivity contribution is -0.148. The molecular formula is C18H19NO2S. The Balaban J connectivity index is 1.74. The number of benzene rings is 2. The van der Waals surface area contributed by atoms with Crippen LogP contribution in [0.3, 0.4) is 0 Å². The van der Waals surface area contributed by atoms with E-state index < -0.39 is 5.54 Å². The minimum atomic E-state index is -0.499. The number of thioether (sulfide) groups is 1.